The highest BCUT2D eigenvalue weighted by Crippen LogP contribution is 2.27. The van der Waals surface area contributed by atoms with E-state index in [1.807, 2.05) is 0 Å². The summed E-state index contributed by atoms with van der Waals surface area (Å²) >= 11 is 0. The first-order valence-corrected chi connectivity index (χ1v) is 4.70. The first-order valence-electron chi connectivity index (χ1n) is 4.70. The summed E-state index contributed by atoms with van der Waals surface area (Å²) in [6, 6.07) is 5.92. The fourth-order valence-electron chi connectivity index (χ4n) is 1.26. The van der Waals surface area contributed by atoms with Gasteiger partial charge < -0.3 is 4.74 Å². The van der Waals surface area contributed by atoms with Crippen LogP contribution in [-0.2, 0) is 11.2 Å². The van der Waals surface area contributed by atoms with Gasteiger partial charge >= 0.3 is 12.3 Å². The number of methoxy groups -OCH3 is 1. The van der Waals surface area contributed by atoms with Crippen molar-refractivity contribution in [2.45, 2.75) is 18.8 Å². The summed E-state index contributed by atoms with van der Waals surface area (Å²) in [6.07, 6.45) is -4.79. The second-order valence-corrected chi connectivity index (χ2v) is 3.34. The van der Waals surface area contributed by atoms with E-state index in [2.05, 4.69) is 0 Å². The molecule has 1 rings (SSSR count). The van der Waals surface area contributed by atoms with Crippen LogP contribution in [0.5, 0.6) is 5.75 Å². The van der Waals surface area contributed by atoms with E-state index >= 15 is 0 Å². The predicted molar refractivity (Wildman–Crippen MR) is 52.7 cm³/mol. The fraction of sp³-hybridized carbons (Fsp3) is 0.364. The lowest BCUT2D eigenvalue weighted by Gasteiger charge is -2.14. The lowest BCUT2D eigenvalue weighted by molar-refractivity contribution is -0.166. The molecule has 1 aromatic rings. The minimum Gasteiger partial charge on any atom is -0.496 e. The molecule has 94 valence electrons. The minimum absolute atomic E-state index is 0.153. The molecule has 0 spiro atoms. The monoisotopic (exact) mass is 250 g/mol. The Morgan fingerprint density at radius 1 is 1.35 bits per heavy atom. The Hall–Kier alpha value is -1.59. The Morgan fingerprint density at radius 3 is 2.47 bits per heavy atom. The number of halogens is 4. The predicted octanol–water partition coefficient (Wildman–Crippen LogP) is 2.71. The number of ketones is 1. The molecule has 0 radical (unpaired) electrons. The molecule has 0 unspecified atom stereocenters. The van der Waals surface area contributed by atoms with Crippen LogP contribution in [0, 0.1) is 0 Å². The molecule has 0 amide bonds. The van der Waals surface area contributed by atoms with E-state index in [0.29, 0.717) is 0 Å². The number of benzene rings is 1. The smallest absolute Gasteiger partial charge is 0.364 e. The van der Waals surface area contributed by atoms with Crippen LogP contribution in [0.1, 0.15) is 5.56 Å². The van der Waals surface area contributed by atoms with Gasteiger partial charge in [-0.2, -0.15) is 8.78 Å². The summed E-state index contributed by atoms with van der Waals surface area (Å²) in [5.74, 6) is -6.23. The molecular weight excluding hydrogens is 240 g/mol. The molecule has 0 saturated carbocycles. The van der Waals surface area contributed by atoms with E-state index in [-0.39, 0.29) is 11.3 Å². The maximum atomic E-state index is 12.7. The Bertz CT molecular complexity index is 404. The number of hydrogen-bond acceptors (Lipinski definition) is 2. The SMILES string of the molecule is COc1ccccc1CC(=O)C(F)(F)C(F)F. The van der Waals surface area contributed by atoms with Crippen molar-refractivity contribution in [3.05, 3.63) is 29.8 Å². The summed E-state index contributed by atoms with van der Waals surface area (Å²) in [7, 11) is 1.30. The average Bonchev–Trinajstić information content (AvgIpc) is 2.29. The number of alkyl halides is 4. The highest BCUT2D eigenvalue weighted by molar-refractivity contribution is 5.88. The van der Waals surface area contributed by atoms with Gasteiger partial charge in [0.1, 0.15) is 5.75 Å². The number of rotatable bonds is 5. The zero-order chi connectivity index (χ0) is 13.1. The van der Waals surface area contributed by atoms with Gasteiger partial charge in [0.05, 0.1) is 7.11 Å². The normalized spacial score (nSPS) is 11.6. The van der Waals surface area contributed by atoms with Crippen molar-refractivity contribution in [3.63, 3.8) is 0 Å². The molecule has 17 heavy (non-hydrogen) atoms. The molecule has 0 aliphatic heterocycles. The number of hydrogen-bond donors (Lipinski definition) is 0. The minimum atomic E-state index is -4.62. The summed E-state index contributed by atoms with van der Waals surface area (Å²) in [4.78, 5) is 11.1. The largest absolute Gasteiger partial charge is 0.496 e. The molecule has 0 aliphatic rings. The van der Waals surface area contributed by atoms with Crippen molar-refractivity contribution in [2.24, 2.45) is 0 Å². The van der Waals surface area contributed by atoms with Gasteiger partial charge in [0.25, 0.3) is 0 Å². The molecule has 6 heteroatoms. The summed E-state index contributed by atoms with van der Waals surface area (Å²) in [5, 5.41) is 0. The maximum absolute atomic E-state index is 12.7. The maximum Gasteiger partial charge on any atom is 0.364 e. The molecule has 0 heterocycles. The average molecular weight is 250 g/mol. The number of para-hydroxylation sites is 1. The first kappa shape index (κ1) is 13.5. The number of Topliss-reactive ketones (excluding diaryl/α,β-unsaturated/α-hetero) is 1. The molecule has 2 nitrogen and oxygen atoms in total. The van der Waals surface area contributed by atoms with Crippen LogP contribution in [0.4, 0.5) is 17.6 Å². The van der Waals surface area contributed by atoms with Gasteiger partial charge in [-0.1, -0.05) is 18.2 Å². The fourth-order valence-corrected chi connectivity index (χ4v) is 1.26. The summed E-state index contributed by atoms with van der Waals surface area (Å²) in [5.41, 5.74) is 0.153. The lowest BCUT2D eigenvalue weighted by Crippen LogP contribution is -2.37. The third kappa shape index (κ3) is 2.95. The van der Waals surface area contributed by atoms with Gasteiger partial charge in [0, 0.05) is 12.0 Å². The second kappa shape index (κ2) is 5.16. The van der Waals surface area contributed by atoms with Gasteiger partial charge in [0.2, 0.25) is 5.78 Å². The Morgan fingerprint density at radius 2 is 1.94 bits per heavy atom. The number of carbonyl (C=O) groups is 1. The Kier molecular flexibility index (Phi) is 4.09. The second-order valence-electron chi connectivity index (χ2n) is 3.34. The molecule has 0 atom stereocenters. The van der Waals surface area contributed by atoms with Crippen molar-refractivity contribution in [2.75, 3.05) is 7.11 Å². The standard InChI is InChI=1S/C11H10F4O2/c1-17-8-5-3-2-4-7(8)6-9(16)11(14,15)10(12)13/h2-5,10H,6H2,1H3. The van der Waals surface area contributed by atoms with Gasteiger partial charge in [0.15, 0.2) is 0 Å². The lowest BCUT2D eigenvalue weighted by atomic mass is 10.0. The quantitative estimate of drug-likeness (QED) is 0.751. The van der Waals surface area contributed by atoms with Crippen molar-refractivity contribution in [1.29, 1.82) is 0 Å². The Balaban J connectivity index is 2.88. The van der Waals surface area contributed by atoms with Crippen molar-refractivity contribution >= 4 is 5.78 Å². The van der Waals surface area contributed by atoms with E-state index in [0.717, 1.165) is 0 Å². The van der Waals surface area contributed by atoms with E-state index < -0.39 is 24.6 Å². The van der Waals surface area contributed by atoms with E-state index in [9.17, 15) is 22.4 Å². The highest BCUT2D eigenvalue weighted by Gasteiger charge is 2.48. The molecular formula is C11H10F4O2. The molecule has 0 aromatic heterocycles. The van der Waals surface area contributed by atoms with Gasteiger partial charge in [-0.25, -0.2) is 8.78 Å². The van der Waals surface area contributed by atoms with Crippen molar-refractivity contribution in [1.82, 2.24) is 0 Å². The molecule has 1 aromatic carbocycles. The van der Waals surface area contributed by atoms with E-state index in [1.54, 1.807) is 6.07 Å². The molecule has 0 bridgehead atoms. The van der Waals surface area contributed by atoms with E-state index in [4.69, 9.17) is 4.74 Å². The van der Waals surface area contributed by atoms with Crippen LogP contribution in [0.2, 0.25) is 0 Å². The van der Waals surface area contributed by atoms with Crippen LogP contribution in [0.25, 0.3) is 0 Å². The van der Waals surface area contributed by atoms with Crippen molar-refractivity contribution in [3.8, 4) is 5.75 Å². The third-order valence-electron chi connectivity index (χ3n) is 2.19. The van der Waals surface area contributed by atoms with Gasteiger partial charge in [-0.3, -0.25) is 4.79 Å². The molecule has 0 saturated heterocycles. The molecule has 0 fully saturated rings. The Labute approximate surface area is 95.2 Å². The zero-order valence-corrected chi connectivity index (χ0v) is 8.92. The summed E-state index contributed by atoms with van der Waals surface area (Å²) in [6.45, 7) is 0. The molecule has 0 N–H and O–H groups in total. The van der Waals surface area contributed by atoms with Gasteiger partial charge in [-0.15, -0.1) is 0 Å². The van der Waals surface area contributed by atoms with Crippen LogP contribution in [0.3, 0.4) is 0 Å². The summed E-state index contributed by atoms with van der Waals surface area (Å²) < 4.78 is 54.2. The van der Waals surface area contributed by atoms with Crippen LogP contribution >= 0.6 is 0 Å². The van der Waals surface area contributed by atoms with E-state index in [1.165, 1.54) is 25.3 Å². The number of carbonyl (C=O) groups excluding carboxylic acids is 1. The third-order valence-corrected chi connectivity index (χ3v) is 2.19. The van der Waals surface area contributed by atoms with Crippen molar-refractivity contribution < 1.29 is 27.1 Å². The van der Waals surface area contributed by atoms with Gasteiger partial charge in [-0.05, 0) is 6.07 Å². The molecule has 0 aliphatic carbocycles. The van der Waals surface area contributed by atoms with Crippen LogP contribution in [0.15, 0.2) is 24.3 Å². The zero-order valence-electron chi connectivity index (χ0n) is 8.92. The number of ether oxygens (including phenoxy) is 1. The van der Waals surface area contributed by atoms with Crippen LogP contribution in [-0.4, -0.2) is 25.2 Å². The highest BCUT2D eigenvalue weighted by atomic mass is 19.3. The first-order chi connectivity index (χ1) is 7.89. The van der Waals surface area contributed by atoms with Crippen LogP contribution < -0.4 is 4.74 Å². The topological polar surface area (TPSA) is 26.3 Å².